The van der Waals surface area contributed by atoms with Crippen LogP contribution >= 0.6 is 0 Å². The van der Waals surface area contributed by atoms with E-state index in [1.54, 1.807) is 0 Å². The van der Waals surface area contributed by atoms with Crippen molar-refractivity contribution in [2.75, 3.05) is 0 Å². The van der Waals surface area contributed by atoms with Crippen molar-refractivity contribution in [3.8, 4) is 11.8 Å². The van der Waals surface area contributed by atoms with Crippen molar-refractivity contribution in [1.82, 2.24) is 9.97 Å². The topological polar surface area (TPSA) is 75.5 Å². The van der Waals surface area contributed by atoms with Gasteiger partial charge in [-0.3, -0.25) is 0 Å². The van der Waals surface area contributed by atoms with E-state index in [1.165, 1.54) is 12.1 Å². The number of aromatic nitrogens is 2. The zero-order valence-corrected chi connectivity index (χ0v) is 9.87. The van der Waals surface area contributed by atoms with Gasteiger partial charge in [0.2, 0.25) is 0 Å². The Morgan fingerprint density at radius 2 is 1.75 bits per heavy atom. The predicted molar refractivity (Wildman–Crippen MR) is 63.4 cm³/mol. The normalized spacial score (nSPS) is 11.2. The van der Waals surface area contributed by atoms with Gasteiger partial charge < -0.3 is 14.8 Å². The molecule has 0 fully saturated rings. The molecule has 1 aromatic heterocycles. The molecule has 0 spiro atoms. The number of hydrogen-bond acceptors (Lipinski definition) is 5. The Kier molecular flexibility index (Phi) is 3.91. The molecule has 0 atom stereocenters. The minimum atomic E-state index is -4.47. The molecule has 0 amide bonds. The van der Waals surface area contributed by atoms with Gasteiger partial charge in [0.05, 0.1) is 5.56 Å². The van der Waals surface area contributed by atoms with Crippen molar-refractivity contribution < 1.29 is 28.0 Å². The van der Waals surface area contributed by atoms with Gasteiger partial charge in [-0.15, -0.1) is 0 Å². The van der Waals surface area contributed by atoms with Crippen LogP contribution in [0.25, 0.3) is 0 Å². The number of hydrogen-bond donors (Lipinski definition) is 2. The molecule has 0 saturated heterocycles. The van der Waals surface area contributed by atoms with E-state index >= 15 is 0 Å². The molecule has 0 radical (unpaired) electrons. The van der Waals surface area contributed by atoms with Crippen LogP contribution in [0.2, 0.25) is 0 Å². The molecule has 0 bridgehead atoms. The maximum absolute atomic E-state index is 12.5. The van der Waals surface area contributed by atoms with Crippen molar-refractivity contribution >= 4 is 12.6 Å². The molecule has 0 saturated carbocycles. The number of ether oxygens (including phenoxy) is 1. The molecule has 1 aromatic carbocycles. The molecule has 9 heteroatoms. The monoisotopic (exact) mass is 284 g/mol. The Hall–Kier alpha value is -2.13. The Morgan fingerprint density at radius 3 is 2.30 bits per heavy atom. The molecule has 5 nitrogen and oxygen atoms in total. The van der Waals surface area contributed by atoms with Crippen LogP contribution in [0, 0.1) is 0 Å². The van der Waals surface area contributed by atoms with E-state index in [9.17, 15) is 13.2 Å². The van der Waals surface area contributed by atoms with E-state index in [1.807, 2.05) is 0 Å². The lowest BCUT2D eigenvalue weighted by Gasteiger charge is -2.09. The lowest BCUT2D eigenvalue weighted by Crippen LogP contribution is -2.30. The van der Waals surface area contributed by atoms with Crippen LogP contribution in [0.15, 0.2) is 36.7 Å². The highest BCUT2D eigenvalue weighted by molar-refractivity contribution is 6.58. The summed E-state index contributed by atoms with van der Waals surface area (Å²) in [5.41, 5.74) is -0.807. The highest BCUT2D eigenvalue weighted by atomic mass is 19.4. The quantitative estimate of drug-likeness (QED) is 0.821. The average molecular weight is 284 g/mol. The van der Waals surface area contributed by atoms with Gasteiger partial charge in [-0.1, -0.05) is 6.07 Å². The molecule has 0 aliphatic heterocycles. The van der Waals surface area contributed by atoms with Gasteiger partial charge in [-0.2, -0.15) is 13.2 Å². The van der Waals surface area contributed by atoms with Crippen LogP contribution in [0.4, 0.5) is 13.2 Å². The Bertz CT molecular complexity index is 590. The first-order valence-electron chi connectivity index (χ1n) is 5.39. The minimum absolute atomic E-state index is 0.0430. The van der Waals surface area contributed by atoms with Crippen molar-refractivity contribution in [1.29, 1.82) is 0 Å². The summed E-state index contributed by atoms with van der Waals surface area (Å²) in [4.78, 5) is 7.30. The summed E-state index contributed by atoms with van der Waals surface area (Å²) < 4.78 is 42.6. The van der Waals surface area contributed by atoms with Crippen LogP contribution < -0.4 is 10.2 Å². The van der Waals surface area contributed by atoms with Crippen molar-refractivity contribution in [2.45, 2.75) is 6.18 Å². The maximum atomic E-state index is 12.5. The predicted octanol–water partition coefficient (Wildman–Crippen LogP) is 0.967. The van der Waals surface area contributed by atoms with E-state index in [-0.39, 0.29) is 17.2 Å². The van der Waals surface area contributed by atoms with Crippen LogP contribution in [-0.2, 0) is 6.18 Å². The molecule has 0 aliphatic carbocycles. The Morgan fingerprint density at radius 1 is 1.10 bits per heavy atom. The minimum Gasteiger partial charge on any atom is -0.424 e. The van der Waals surface area contributed by atoms with Crippen LogP contribution in [0.3, 0.4) is 0 Å². The fourth-order valence-electron chi connectivity index (χ4n) is 1.35. The summed E-state index contributed by atoms with van der Waals surface area (Å²) in [6, 6.07) is 4.06. The molecule has 0 unspecified atom stereocenters. The fourth-order valence-corrected chi connectivity index (χ4v) is 1.35. The third kappa shape index (κ3) is 3.46. The summed E-state index contributed by atoms with van der Waals surface area (Å²) in [5, 5.41) is 17.7. The van der Waals surface area contributed by atoms with Gasteiger partial charge in [-0.25, -0.2) is 9.97 Å². The number of rotatable bonds is 3. The standard InChI is InChI=1S/C11H8BF3N2O3/c13-11(14,15)7-2-1-3-9(4-7)20-10-16-5-8(6-17-10)12(18)19/h1-6,18-19H. The lowest BCUT2D eigenvalue weighted by atomic mass is 9.83. The zero-order valence-electron chi connectivity index (χ0n) is 9.87. The first kappa shape index (κ1) is 14.3. The molecular weight excluding hydrogens is 276 g/mol. The van der Waals surface area contributed by atoms with Crippen LogP contribution in [0.1, 0.15) is 5.56 Å². The molecule has 104 valence electrons. The fraction of sp³-hybridized carbons (Fsp3) is 0.0909. The van der Waals surface area contributed by atoms with Crippen LogP contribution in [0.5, 0.6) is 11.8 Å². The zero-order chi connectivity index (χ0) is 14.8. The van der Waals surface area contributed by atoms with Gasteiger partial charge >= 0.3 is 19.3 Å². The van der Waals surface area contributed by atoms with Gasteiger partial charge in [0.15, 0.2) is 0 Å². The van der Waals surface area contributed by atoms with Gasteiger partial charge in [-0.05, 0) is 18.2 Å². The van der Waals surface area contributed by atoms with E-state index in [4.69, 9.17) is 14.8 Å². The number of nitrogens with zero attached hydrogens (tertiary/aromatic N) is 2. The van der Waals surface area contributed by atoms with E-state index in [2.05, 4.69) is 9.97 Å². The second-order valence-corrected chi connectivity index (χ2v) is 3.80. The van der Waals surface area contributed by atoms with E-state index < -0.39 is 18.9 Å². The largest absolute Gasteiger partial charge is 0.491 e. The molecule has 1 heterocycles. The molecule has 2 rings (SSSR count). The second-order valence-electron chi connectivity index (χ2n) is 3.80. The molecule has 0 aliphatic rings. The SMILES string of the molecule is OB(O)c1cnc(Oc2cccc(C(F)(F)F)c2)nc1. The lowest BCUT2D eigenvalue weighted by molar-refractivity contribution is -0.137. The van der Waals surface area contributed by atoms with Gasteiger partial charge in [0.25, 0.3) is 0 Å². The molecule has 2 aromatic rings. The maximum Gasteiger partial charge on any atom is 0.491 e. The summed E-state index contributed by atoms with van der Waals surface area (Å²) in [6.45, 7) is 0. The van der Waals surface area contributed by atoms with Crippen molar-refractivity contribution in [3.05, 3.63) is 42.2 Å². The Balaban J connectivity index is 2.18. The van der Waals surface area contributed by atoms with Crippen molar-refractivity contribution in [2.24, 2.45) is 0 Å². The number of alkyl halides is 3. The number of benzene rings is 1. The first-order valence-corrected chi connectivity index (χ1v) is 5.39. The van der Waals surface area contributed by atoms with Gasteiger partial charge in [0.1, 0.15) is 5.75 Å². The highest BCUT2D eigenvalue weighted by Gasteiger charge is 2.30. The average Bonchev–Trinajstić information content (AvgIpc) is 2.38. The molecule has 20 heavy (non-hydrogen) atoms. The first-order chi connectivity index (χ1) is 9.36. The molecule has 2 N–H and O–H groups in total. The summed E-state index contributed by atoms with van der Waals surface area (Å²) >= 11 is 0. The highest BCUT2D eigenvalue weighted by Crippen LogP contribution is 2.31. The van der Waals surface area contributed by atoms with Gasteiger partial charge in [0, 0.05) is 17.9 Å². The summed E-state index contributed by atoms with van der Waals surface area (Å²) in [7, 11) is -1.72. The van der Waals surface area contributed by atoms with E-state index in [0.717, 1.165) is 24.5 Å². The van der Waals surface area contributed by atoms with Crippen molar-refractivity contribution in [3.63, 3.8) is 0 Å². The summed E-state index contributed by atoms with van der Waals surface area (Å²) in [5.74, 6) is -0.0721. The summed E-state index contributed by atoms with van der Waals surface area (Å²) in [6.07, 6.45) is -2.27. The second kappa shape index (κ2) is 5.47. The smallest absolute Gasteiger partial charge is 0.424 e. The Labute approximate surface area is 111 Å². The number of halogens is 3. The van der Waals surface area contributed by atoms with Crippen LogP contribution in [-0.4, -0.2) is 27.1 Å². The third-order valence-electron chi connectivity index (χ3n) is 2.32. The molecular formula is C11H8BF3N2O3. The third-order valence-corrected chi connectivity index (χ3v) is 2.32. The van der Waals surface area contributed by atoms with E-state index in [0.29, 0.717) is 0 Å².